The molecule has 2 aromatic rings. The van der Waals surface area contributed by atoms with E-state index < -0.39 is 17.3 Å². The molecule has 2 N–H and O–H groups in total. The fraction of sp³-hybridized carbons (Fsp3) is 0.318. The predicted molar refractivity (Wildman–Crippen MR) is 110 cm³/mol. The molecule has 1 aliphatic carbocycles. The Labute approximate surface area is 177 Å². The zero-order valence-electron chi connectivity index (χ0n) is 16.7. The summed E-state index contributed by atoms with van der Waals surface area (Å²) in [5, 5.41) is 0.595. The largest absolute Gasteiger partial charge is 0.465 e. The second kappa shape index (κ2) is 7.02. The van der Waals surface area contributed by atoms with Crippen molar-refractivity contribution in [3.05, 3.63) is 68.1 Å². The molecular formula is C22H20ClNO6. The Kier molecular flexibility index (Phi) is 4.73. The second-order valence-corrected chi connectivity index (χ2v) is 8.68. The lowest BCUT2D eigenvalue weighted by atomic mass is 9.70. The zero-order valence-corrected chi connectivity index (χ0v) is 17.5. The molecule has 0 bridgehead atoms. The number of benzene rings is 1. The molecule has 4 rings (SSSR count). The van der Waals surface area contributed by atoms with Gasteiger partial charge in [0.2, 0.25) is 5.88 Å². The molecule has 0 amide bonds. The molecule has 8 heteroatoms. The Bertz CT molecular complexity index is 1220. The van der Waals surface area contributed by atoms with Crippen molar-refractivity contribution in [1.29, 1.82) is 0 Å². The van der Waals surface area contributed by atoms with Crippen LogP contribution in [0.3, 0.4) is 0 Å². The van der Waals surface area contributed by atoms with Crippen molar-refractivity contribution in [2.45, 2.75) is 32.6 Å². The summed E-state index contributed by atoms with van der Waals surface area (Å²) in [4.78, 5) is 39.0. The summed E-state index contributed by atoms with van der Waals surface area (Å²) in [7, 11) is 1.19. The van der Waals surface area contributed by atoms with Gasteiger partial charge in [-0.1, -0.05) is 25.4 Å². The van der Waals surface area contributed by atoms with E-state index in [-0.39, 0.29) is 45.6 Å². The Balaban J connectivity index is 2.01. The van der Waals surface area contributed by atoms with Crippen molar-refractivity contribution in [1.82, 2.24) is 0 Å². The van der Waals surface area contributed by atoms with Gasteiger partial charge in [0.25, 0.3) is 0 Å². The lowest BCUT2D eigenvalue weighted by Crippen LogP contribution is -2.37. The summed E-state index contributed by atoms with van der Waals surface area (Å²) in [5.74, 6) is -1.89. The predicted octanol–water partition coefficient (Wildman–Crippen LogP) is 3.55. The molecule has 1 aromatic heterocycles. The van der Waals surface area contributed by atoms with E-state index in [9.17, 15) is 14.4 Å². The van der Waals surface area contributed by atoms with Crippen molar-refractivity contribution in [3.8, 4) is 0 Å². The summed E-state index contributed by atoms with van der Waals surface area (Å²) >= 11 is 6.05. The van der Waals surface area contributed by atoms with Crippen molar-refractivity contribution < 1.29 is 23.5 Å². The number of fused-ring (bicyclic) bond motifs is 1. The highest BCUT2D eigenvalue weighted by molar-refractivity contribution is 6.31. The van der Waals surface area contributed by atoms with Crippen LogP contribution in [0.1, 0.15) is 38.2 Å². The maximum Gasteiger partial charge on any atom is 0.340 e. The van der Waals surface area contributed by atoms with Gasteiger partial charge < -0.3 is 19.6 Å². The molecule has 2 heterocycles. The smallest absolute Gasteiger partial charge is 0.340 e. The van der Waals surface area contributed by atoms with Crippen LogP contribution in [-0.4, -0.2) is 18.9 Å². The lowest BCUT2D eigenvalue weighted by Gasteiger charge is -2.37. The molecule has 0 saturated carbocycles. The highest BCUT2D eigenvalue weighted by Gasteiger charge is 2.46. The van der Waals surface area contributed by atoms with E-state index in [0.717, 1.165) is 0 Å². The molecule has 156 valence electrons. The van der Waals surface area contributed by atoms with Crippen LogP contribution in [0, 0.1) is 5.41 Å². The maximum atomic E-state index is 13.3. The average molecular weight is 430 g/mol. The first-order chi connectivity index (χ1) is 14.1. The molecule has 1 aliphatic heterocycles. The van der Waals surface area contributed by atoms with Crippen LogP contribution in [0.25, 0.3) is 11.0 Å². The minimum Gasteiger partial charge on any atom is -0.465 e. The van der Waals surface area contributed by atoms with E-state index in [1.807, 2.05) is 13.8 Å². The van der Waals surface area contributed by atoms with Gasteiger partial charge in [0.1, 0.15) is 16.9 Å². The third-order valence-corrected chi connectivity index (χ3v) is 5.67. The Morgan fingerprint density at radius 2 is 2.00 bits per heavy atom. The first-order valence-electron chi connectivity index (χ1n) is 9.36. The molecule has 0 spiro atoms. The zero-order chi connectivity index (χ0) is 21.8. The quantitative estimate of drug-likeness (QED) is 0.727. The van der Waals surface area contributed by atoms with E-state index in [2.05, 4.69) is 0 Å². The number of esters is 1. The molecule has 2 aliphatic rings. The molecule has 0 saturated heterocycles. The fourth-order valence-electron chi connectivity index (χ4n) is 4.12. The van der Waals surface area contributed by atoms with Crippen LogP contribution >= 0.6 is 11.6 Å². The van der Waals surface area contributed by atoms with Crippen molar-refractivity contribution in [2.24, 2.45) is 11.1 Å². The number of methoxy groups -OCH3 is 1. The number of ketones is 1. The number of hydrogen-bond acceptors (Lipinski definition) is 7. The number of Topliss-reactive ketones (excluding diaryl/α,β-unsaturated/α-hetero) is 1. The number of halogens is 1. The van der Waals surface area contributed by atoms with E-state index in [0.29, 0.717) is 22.8 Å². The Morgan fingerprint density at radius 3 is 2.70 bits per heavy atom. The highest BCUT2D eigenvalue weighted by Crippen LogP contribution is 2.47. The summed E-state index contributed by atoms with van der Waals surface area (Å²) in [5.41, 5.74) is 5.88. The van der Waals surface area contributed by atoms with Gasteiger partial charge in [-0.3, -0.25) is 9.59 Å². The Morgan fingerprint density at radius 1 is 1.27 bits per heavy atom. The van der Waals surface area contributed by atoms with Crippen LogP contribution in [0.15, 0.2) is 56.5 Å². The van der Waals surface area contributed by atoms with Gasteiger partial charge in [-0.2, -0.15) is 0 Å². The fourth-order valence-corrected chi connectivity index (χ4v) is 4.29. The second-order valence-electron chi connectivity index (χ2n) is 8.24. The van der Waals surface area contributed by atoms with Crippen LogP contribution in [0.4, 0.5) is 0 Å². The molecule has 0 fully saturated rings. The minimum absolute atomic E-state index is 0.0944. The first kappa shape index (κ1) is 20.2. The van der Waals surface area contributed by atoms with Gasteiger partial charge in [0.15, 0.2) is 11.2 Å². The van der Waals surface area contributed by atoms with Gasteiger partial charge in [-0.05, 0) is 23.6 Å². The molecular weight excluding hydrogens is 410 g/mol. The number of hydrogen-bond donors (Lipinski definition) is 1. The third kappa shape index (κ3) is 3.19. The number of carbonyl (C=O) groups excluding carboxylic acids is 2. The van der Waals surface area contributed by atoms with Crippen molar-refractivity contribution in [3.63, 3.8) is 0 Å². The summed E-state index contributed by atoms with van der Waals surface area (Å²) in [6, 6.07) is 4.67. The summed E-state index contributed by atoms with van der Waals surface area (Å²) in [6.07, 6.45) is 1.93. The van der Waals surface area contributed by atoms with Crippen molar-refractivity contribution in [2.75, 3.05) is 7.11 Å². The minimum atomic E-state index is -1.05. The number of nitrogens with two attached hydrogens (primary N) is 1. The van der Waals surface area contributed by atoms with Crippen LogP contribution in [0.5, 0.6) is 0 Å². The molecule has 7 nitrogen and oxygen atoms in total. The third-order valence-electron chi connectivity index (χ3n) is 5.43. The van der Waals surface area contributed by atoms with Gasteiger partial charge in [0.05, 0.1) is 24.7 Å². The van der Waals surface area contributed by atoms with Crippen LogP contribution in [0.2, 0.25) is 5.02 Å². The lowest BCUT2D eigenvalue weighted by molar-refractivity contribution is -0.136. The van der Waals surface area contributed by atoms with Gasteiger partial charge in [-0.15, -0.1) is 0 Å². The molecule has 30 heavy (non-hydrogen) atoms. The van der Waals surface area contributed by atoms with E-state index >= 15 is 0 Å². The Hall–Kier alpha value is -3.06. The number of rotatable bonds is 2. The highest BCUT2D eigenvalue weighted by atomic mass is 35.5. The normalized spacial score (nSPS) is 20.8. The van der Waals surface area contributed by atoms with Crippen molar-refractivity contribution >= 4 is 34.3 Å². The number of carbonyl (C=O) groups is 2. The van der Waals surface area contributed by atoms with Gasteiger partial charge >= 0.3 is 5.97 Å². The first-order valence-corrected chi connectivity index (χ1v) is 9.74. The maximum absolute atomic E-state index is 13.3. The van der Waals surface area contributed by atoms with Crippen LogP contribution < -0.4 is 11.2 Å². The molecule has 0 radical (unpaired) electrons. The topological polar surface area (TPSA) is 109 Å². The molecule has 1 atom stereocenters. The van der Waals surface area contributed by atoms with Gasteiger partial charge in [0, 0.05) is 29.0 Å². The molecule has 1 aromatic carbocycles. The van der Waals surface area contributed by atoms with Gasteiger partial charge in [-0.25, -0.2) is 4.79 Å². The monoisotopic (exact) mass is 429 g/mol. The number of ether oxygens (including phenoxy) is 2. The van der Waals surface area contributed by atoms with Crippen LogP contribution in [-0.2, 0) is 19.1 Å². The SMILES string of the molecule is COC(=O)C1=C(N)OC2=C(C(=O)CC(C)(C)C2)C1c1coc2ccc(Cl)cc2c1=O. The number of allylic oxidation sites excluding steroid dienone is 2. The summed E-state index contributed by atoms with van der Waals surface area (Å²) in [6.45, 7) is 3.88. The van der Waals surface area contributed by atoms with E-state index in [4.69, 9.17) is 31.2 Å². The standard InChI is InChI=1S/C22H20ClNO6/c1-22(2)7-13(25)17-15(8-22)30-20(24)18(21(27)28-3)16(17)12-9-29-14-5-4-10(23)6-11(14)19(12)26/h4-6,9,16H,7-8,24H2,1-3H3. The summed E-state index contributed by atoms with van der Waals surface area (Å²) < 4.78 is 16.2. The van der Waals surface area contributed by atoms with E-state index in [1.54, 1.807) is 12.1 Å². The molecule has 1 unspecified atom stereocenters. The average Bonchev–Trinajstić information content (AvgIpc) is 2.66. The van der Waals surface area contributed by atoms with E-state index in [1.165, 1.54) is 19.4 Å².